The van der Waals surface area contributed by atoms with Crippen molar-refractivity contribution in [3.8, 4) is 5.75 Å². The molecule has 50 heavy (non-hydrogen) atoms. The van der Waals surface area contributed by atoms with Crippen molar-refractivity contribution in [1.82, 2.24) is 13.9 Å². The van der Waals surface area contributed by atoms with E-state index < -0.39 is 29.2 Å². The van der Waals surface area contributed by atoms with Crippen molar-refractivity contribution < 1.29 is 36.2 Å². The average Bonchev–Trinajstić information content (AvgIpc) is 3.83. The van der Waals surface area contributed by atoms with Gasteiger partial charge in [-0.2, -0.15) is 17.5 Å². The Labute approximate surface area is 301 Å². The molecule has 1 aliphatic heterocycles. The molecule has 0 radical (unpaired) electrons. The second-order valence-corrected chi connectivity index (χ2v) is 22.7. The van der Waals surface area contributed by atoms with E-state index in [9.17, 15) is 26.7 Å². The normalized spacial score (nSPS) is 17.1. The van der Waals surface area contributed by atoms with E-state index in [1.165, 1.54) is 0 Å². The van der Waals surface area contributed by atoms with Crippen LogP contribution in [-0.4, -0.2) is 67.5 Å². The molecule has 2 fully saturated rings. The topological polar surface area (TPSA) is 93.9 Å². The van der Waals surface area contributed by atoms with Crippen molar-refractivity contribution in [3.63, 3.8) is 0 Å². The first kappa shape index (κ1) is 37.1. The van der Waals surface area contributed by atoms with Crippen molar-refractivity contribution in [2.45, 2.75) is 74.4 Å². The number of alkyl halides is 3. The fraction of sp³-hybridized carbons (Fsp3) is 0.457. The van der Waals surface area contributed by atoms with Gasteiger partial charge in [0.15, 0.2) is 12.5 Å². The Bertz CT molecular complexity index is 1890. The van der Waals surface area contributed by atoms with Crippen LogP contribution in [0.2, 0.25) is 35.7 Å². The van der Waals surface area contributed by atoms with Crippen LogP contribution >= 0.6 is 23.2 Å². The standard InChI is InChI=1S/C35H40Cl2F3N3O5SSi/c1-50(2,3)19-18-47-22-48-31-21-26(34(44,24-6-10-27(36)11-7-24)25-8-12-28(37)13-9-25)20-30-32(31)41-33(23-4-5-23)43(30)29-14-16-42(17-15-29)49(45,46)35(38,39)40/h6-13,20-21,23,29,44H,4-5,14-19,22H2,1-3H3. The molecular weight excluding hydrogens is 730 g/mol. The molecule has 3 aromatic carbocycles. The molecule has 2 heterocycles. The molecule has 1 aromatic heterocycles. The molecule has 0 spiro atoms. The molecule has 1 aliphatic carbocycles. The predicted octanol–water partition coefficient (Wildman–Crippen LogP) is 8.68. The number of halogens is 5. The predicted molar refractivity (Wildman–Crippen MR) is 191 cm³/mol. The van der Waals surface area contributed by atoms with E-state index in [4.69, 9.17) is 37.7 Å². The Balaban J connectivity index is 1.48. The van der Waals surface area contributed by atoms with E-state index in [2.05, 4.69) is 19.6 Å². The number of sulfonamides is 1. The van der Waals surface area contributed by atoms with E-state index >= 15 is 0 Å². The molecule has 0 amide bonds. The van der Waals surface area contributed by atoms with Crippen LogP contribution in [0.3, 0.4) is 0 Å². The van der Waals surface area contributed by atoms with E-state index in [1.54, 1.807) is 54.6 Å². The first-order chi connectivity index (χ1) is 23.5. The molecule has 8 nitrogen and oxygen atoms in total. The molecule has 270 valence electrons. The van der Waals surface area contributed by atoms with Crippen molar-refractivity contribution in [2.24, 2.45) is 0 Å². The second kappa shape index (κ2) is 14.1. The Kier molecular flexibility index (Phi) is 10.4. The average molecular weight is 771 g/mol. The van der Waals surface area contributed by atoms with Gasteiger partial charge in [-0.15, -0.1) is 0 Å². The molecule has 2 aliphatic rings. The summed E-state index contributed by atoms with van der Waals surface area (Å²) < 4.78 is 79.4. The maximum Gasteiger partial charge on any atom is 0.511 e. The summed E-state index contributed by atoms with van der Waals surface area (Å²) in [5, 5.41) is 13.8. The van der Waals surface area contributed by atoms with Crippen LogP contribution < -0.4 is 4.74 Å². The van der Waals surface area contributed by atoms with E-state index in [0.717, 1.165) is 24.7 Å². The van der Waals surface area contributed by atoms with Crippen LogP contribution in [0.15, 0.2) is 60.7 Å². The molecule has 0 unspecified atom stereocenters. The van der Waals surface area contributed by atoms with Gasteiger partial charge < -0.3 is 19.1 Å². The minimum Gasteiger partial charge on any atom is -0.465 e. The van der Waals surface area contributed by atoms with Gasteiger partial charge in [0.25, 0.3) is 0 Å². The van der Waals surface area contributed by atoms with Crippen molar-refractivity contribution >= 4 is 52.3 Å². The molecule has 4 aromatic rings. The van der Waals surface area contributed by atoms with Crippen LogP contribution in [0.5, 0.6) is 5.75 Å². The molecule has 1 saturated heterocycles. The zero-order valence-electron chi connectivity index (χ0n) is 28.0. The number of aromatic nitrogens is 2. The SMILES string of the molecule is C[Si](C)(C)CCOCOc1cc(C(O)(c2ccc(Cl)cc2)c2ccc(Cl)cc2)cc2c1nc(C1CC1)n2C1CCN(S(=O)(=O)C(F)(F)F)CC1. The summed E-state index contributed by atoms with van der Waals surface area (Å²) in [6, 6.07) is 17.9. The van der Waals surface area contributed by atoms with Gasteiger partial charge in [-0.05, 0) is 84.8 Å². The number of rotatable bonds is 12. The summed E-state index contributed by atoms with van der Waals surface area (Å²) in [6.07, 6.45) is 2.10. The fourth-order valence-electron chi connectivity index (χ4n) is 6.42. The second-order valence-electron chi connectivity index (χ2n) is 14.2. The zero-order valence-corrected chi connectivity index (χ0v) is 31.3. The van der Waals surface area contributed by atoms with Crippen molar-refractivity contribution in [2.75, 3.05) is 26.5 Å². The van der Waals surface area contributed by atoms with E-state index in [1.807, 2.05) is 10.6 Å². The molecule has 6 rings (SSSR count). The number of aliphatic hydroxyl groups is 1. The van der Waals surface area contributed by atoms with Gasteiger partial charge >= 0.3 is 15.5 Å². The molecule has 1 N–H and O–H groups in total. The highest BCUT2D eigenvalue weighted by Gasteiger charge is 2.51. The quantitative estimate of drug-likeness (QED) is 0.0671. The number of hydrogen-bond acceptors (Lipinski definition) is 6. The van der Waals surface area contributed by atoms with Crippen LogP contribution in [0.1, 0.15) is 60.2 Å². The maximum atomic E-state index is 13.4. The summed E-state index contributed by atoms with van der Waals surface area (Å²) in [4.78, 5) is 5.05. The third kappa shape index (κ3) is 7.60. The minimum absolute atomic E-state index is 0.0529. The smallest absolute Gasteiger partial charge is 0.465 e. The van der Waals surface area contributed by atoms with Gasteiger partial charge in [0, 0.05) is 49.8 Å². The molecular formula is C35H40Cl2F3N3O5SSi. The van der Waals surface area contributed by atoms with E-state index in [-0.39, 0.29) is 44.7 Å². The summed E-state index contributed by atoms with van der Waals surface area (Å²) in [5.41, 5.74) is -4.43. The van der Waals surface area contributed by atoms with E-state index in [0.29, 0.717) is 54.4 Å². The highest BCUT2D eigenvalue weighted by Crippen LogP contribution is 2.47. The first-order valence-electron chi connectivity index (χ1n) is 16.6. The number of hydrogen-bond donors (Lipinski definition) is 1. The van der Waals surface area contributed by atoms with Gasteiger partial charge in [-0.1, -0.05) is 67.1 Å². The summed E-state index contributed by atoms with van der Waals surface area (Å²) >= 11 is 12.5. The summed E-state index contributed by atoms with van der Waals surface area (Å²) in [5.74, 6) is 1.28. The van der Waals surface area contributed by atoms with Crippen LogP contribution in [-0.2, 0) is 20.4 Å². The zero-order chi connectivity index (χ0) is 36.1. The lowest BCUT2D eigenvalue weighted by atomic mass is 9.80. The van der Waals surface area contributed by atoms with Gasteiger partial charge in [0.1, 0.15) is 16.9 Å². The highest BCUT2D eigenvalue weighted by molar-refractivity contribution is 7.90. The highest BCUT2D eigenvalue weighted by atomic mass is 35.5. The van der Waals surface area contributed by atoms with Gasteiger partial charge in [-0.3, -0.25) is 0 Å². The summed E-state index contributed by atoms with van der Waals surface area (Å²) in [7, 11) is -6.80. The van der Waals surface area contributed by atoms with Crippen LogP contribution in [0, 0.1) is 0 Å². The largest absolute Gasteiger partial charge is 0.511 e. The molecule has 1 saturated carbocycles. The number of benzene rings is 3. The number of piperidine rings is 1. The monoisotopic (exact) mass is 769 g/mol. The summed E-state index contributed by atoms with van der Waals surface area (Å²) in [6.45, 7) is 6.67. The number of imidazole rings is 1. The number of nitrogens with zero attached hydrogens (tertiary/aromatic N) is 3. The van der Waals surface area contributed by atoms with Crippen molar-refractivity contribution in [1.29, 1.82) is 0 Å². The third-order valence-electron chi connectivity index (χ3n) is 9.39. The first-order valence-corrected chi connectivity index (χ1v) is 22.5. The fourth-order valence-corrected chi connectivity index (χ4v) is 8.42. The maximum absolute atomic E-state index is 13.4. The third-order valence-corrected chi connectivity index (χ3v) is 13.2. The Morgan fingerprint density at radius 2 is 1.46 bits per heavy atom. The number of ether oxygens (including phenoxy) is 2. The molecule has 15 heteroatoms. The Morgan fingerprint density at radius 1 is 0.900 bits per heavy atom. The molecule has 0 bridgehead atoms. The van der Waals surface area contributed by atoms with Crippen molar-refractivity contribution in [3.05, 3.63) is 93.2 Å². The number of fused-ring (bicyclic) bond motifs is 1. The lowest BCUT2D eigenvalue weighted by Gasteiger charge is -2.34. The van der Waals surface area contributed by atoms with Gasteiger partial charge in [0.05, 0.1) is 5.52 Å². The minimum atomic E-state index is -5.45. The van der Waals surface area contributed by atoms with Crippen LogP contribution in [0.25, 0.3) is 11.0 Å². The van der Waals surface area contributed by atoms with Gasteiger partial charge in [0.2, 0.25) is 0 Å². The lowest BCUT2D eigenvalue weighted by Crippen LogP contribution is -2.45. The lowest BCUT2D eigenvalue weighted by molar-refractivity contribution is -0.0496. The van der Waals surface area contributed by atoms with Gasteiger partial charge in [-0.25, -0.2) is 13.4 Å². The van der Waals surface area contributed by atoms with Crippen LogP contribution in [0.4, 0.5) is 13.2 Å². The Hall–Kier alpha value is -2.65. The Morgan fingerprint density at radius 3 is 1.96 bits per heavy atom. The molecule has 0 atom stereocenters.